The fourth-order valence-corrected chi connectivity index (χ4v) is 3.82. The van der Waals surface area contributed by atoms with Gasteiger partial charge < -0.3 is 27.2 Å². The average molecular weight is 389 g/mol. The highest BCUT2D eigenvalue weighted by atomic mass is 35.5. The maximum absolute atomic E-state index is 10.3. The summed E-state index contributed by atoms with van der Waals surface area (Å²) in [6.07, 6.45) is 3.15. The van der Waals surface area contributed by atoms with Gasteiger partial charge in [0, 0.05) is 6.54 Å². The first kappa shape index (κ1) is 21.7. The number of likely N-dealkylation sites (tertiary alicyclic amines) is 1. The molecule has 0 amide bonds. The number of aryl methyl sites for hydroxylation is 2. The van der Waals surface area contributed by atoms with Gasteiger partial charge in [-0.05, 0) is 69.3 Å². The number of hydrogen-bond donors (Lipinski definition) is 1. The summed E-state index contributed by atoms with van der Waals surface area (Å²) in [6, 6.07) is 16.9. The standard InChI is InChI=1S/C23H31NO2.ClH/c1-18-8-9-23(19(2)14-18)26-17-22(25)16-24-12-10-21(11-13-24)15-20-6-4-3-5-7-20;/h3-9,14,21-22,25H,10-13,15-17H2,1-2H3;1H/p-1. The van der Waals surface area contributed by atoms with Crippen molar-refractivity contribution in [2.45, 2.75) is 39.2 Å². The quantitative estimate of drug-likeness (QED) is 0.768. The van der Waals surface area contributed by atoms with Gasteiger partial charge in [0.25, 0.3) is 0 Å². The third-order valence-electron chi connectivity index (χ3n) is 5.30. The van der Waals surface area contributed by atoms with E-state index in [1.807, 2.05) is 19.1 Å². The molecule has 1 N–H and O–H groups in total. The maximum Gasteiger partial charge on any atom is 0.122 e. The second-order valence-corrected chi connectivity index (χ2v) is 7.67. The Morgan fingerprint density at radius 3 is 2.44 bits per heavy atom. The maximum atomic E-state index is 10.3. The van der Waals surface area contributed by atoms with E-state index in [9.17, 15) is 5.11 Å². The summed E-state index contributed by atoms with van der Waals surface area (Å²) in [5.41, 5.74) is 3.79. The van der Waals surface area contributed by atoms with Gasteiger partial charge in [-0.3, -0.25) is 0 Å². The van der Waals surface area contributed by atoms with Gasteiger partial charge in [-0.1, -0.05) is 48.0 Å². The van der Waals surface area contributed by atoms with Crippen LogP contribution in [0, 0.1) is 19.8 Å². The largest absolute Gasteiger partial charge is 1.00 e. The van der Waals surface area contributed by atoms with E-state index in [-0.39, 0.29) is 12.4 Å². The Bertz CT molecular complexity index is 684. The van der Waals surface area contributed by atoms with Crippen LogP contribution in [0.1, 0.15) is 29.5 Å². The second-order valence-electron chi connectivity index (χ2n) is 7.67. The molecule has 0 aliphatic carbocycles. The monoisotopic (exact) mass is 388 g/mol. The molecule has 0 radical (unpaired) electrons. The number of hydrogen-bond acceptors (Lipinski definition) is 3. The Labute approximate surface area is 169 Å². The molecular formula is C23H31ClNO2-. The Morgan fingerprint density at radius 2 is 1.78 bits per heavy atom. The molecule has 0 aromatic heterocycles. The first-order chi connectivity index (χ1) is 12.6. The van der Waals surface area contributed by atoms with E-state index < -0.39 is 6.10 Å². The molecule has 1 unspecified atom stereocenters. The summed E-state index contributed by atoms with van der Waals surface area (Å²) in [6.45, 7) is 7.31. The average Bonchev–Trinajstić information content (AvgIpc) is 2.63. The zero-order valence-electron chi connectivity index (χ0n) is 16.4. The highest BCUT2D eigenvalue weighted by molar-refractivity contribution is 5.35. The first-order valence-electron chi connectivity index (χ1n) is 9.74. The third-order valence-corrected chi connectivity index (χ3v) is 5.30. The van der Waals surface area contributed by atoms with Crippen molar-refractivity contribution >= 4 is 0 Å². The minimum atomic E-state index is -0.443. The summed E-state index contributed by atoms with van der Waals surface area (Å²) in [4.78, 5) is 2.37. The van der Waals surface area contributed by atoms with Crippen molar-refractivity contribution in [1.29, 1.82) is 0 Å². The minimum Gasteiger partial charge on any atom is -1.00 e. The van der Waals surface area contributed by atoms with E-state index in [0.717, 1.165) is 30.3 Å². The number of aliphatic hydroxyl groups excluding tert-OH is 1. The lowest BCUT2D eigenvalue weighted by Crippen LogP contribution is -3.00. The molecule has 0 spiro atoms. The van der Waals surface area contributed by atoms with Crippen LogP contribution < -0.4 is 17.1 Å². The molecule has 3 nitrogen and oxygen atoms in total. The van der Waals surface area contributed by atoms with Gasteiger partial charge in [-0.15, -0.1) is 0 Å². The Morgan fingerprint density at radius 1 is 1.07 bits per heavy atom. The Balaban J connectivity index is 0.00000261. The van der Waals surface area contributed by atoms with Crippen LogP contribution in [-0.4, -0.2) is 42.4 Å². The van der Waals surface area contributed by atoms with E-state index >= 15 is 0 Å². The normalized spacial score (nSPS) is 16.6. The summed E-state index contributed by atoms with van der Waals surface area (Å²) in [5.74, 6) is 1.63. The van der Waals surface area contributed by atoms with Crippen molar-refractivity contribution in [2.24, 2.45) is 5.92 Å². The molecule has 0 saturated carbocycles. The minimum absolute atomic E-state index is 0. The molecule has 1 aliphatic heterocycles. The molecule has 1 aliphatic rings. The molecule has 3 rings (SSSR count). The van der Waals surface area contributed by atoms with Crippen molar-refractivity contribution in [3.63, 3.8) is 0 Å². The number of β-amino-alcohol motifs (C(OH)–C–C–N with tert-alkyl or cyclic N) is 1. The molecule has 1 atom stereocenters. The number of nitrogens with zero attached hydrogens (tertiary/aromatic N) is 1. The molecule has 1 heterocycles. The number of ether oxygens (including phenoxy) is 1. The number of halogens is 1. The van der Waals surface area contributed by atoms with E-state index in [0.29, 0.717) is 13.2 Å². The fourth-order valence-electron chi connectivity index (χ4n) is 3.82. The van der Waals surface area contributed by atoms with E-state index in [1.54, 1.807) is 0 Å². The summed E-state index contributed by atoms with van der Waals surface area (Å²) < 4.78 is 5.82. The molecule has 1 saturated heterocycles. The van der Waals surface area contributed by atoms with Gasteiger partial charge in [-0.25, -0.2) is 0 Å². The lowest BCUT2D eigenvalue weighted by atomic mass is 9.90. The predicted molar refractivity (Wildman–Crippen MR) is 107 cm³/mol. The van der Waals surface area contributed by atoms with Crippen LogP contribution in [0.3, 0.4) is 0 Å². The number of aliphatic hydroxyl groups is 1. The summed E-state index contributed by atoms with van der Waals surface area (Å²) in [5, 5.41) is 10.3. The summed E-state index contributed by atoms with van der Waals surface area (Å²) in [7, 11) is 0. The fraction of sp³-hybridized carbons (Fsp3) is 0.478. The molecule has 2 aromatic carbocycles. The molecule has 148 valence electrons. The van der Waals surface area contributed by atoms with E-state index in [2.05, 4.69) is 48.2 Å². The van der Waals surface area contributed by atoms with Gasteiger partial charge in [0.05, 0.1) is 0 Å². The van der Waals surface area contributed by atoms with Crippen molar-refractivity contribution in [2.75, 3.05) is 26.2 Å². The lowest BCUT2D eigenvalue weighted by Gasteiger charge is -2.33. The third kappa shape index (κ3) is 6.84. The van der Waals surface area contributed by atoms with Crippen molar-refractivity contribution < 1.29 is 22.3 Å². The van der Waals surface area contributed by atoms with Crippen LogP contribution in [0.25, 0.3) is 0 Å². The Hall–Kier alpha value is -1.55. The van der Waals surface area contributed by atoms with Gasteiger partial charge in [0.15, 0.2) is 0 Å². The molecule has 1 fully saturated rings. The van der Waals surface area contributed by atoms with Crippen LogP contribution >= 0.6 is 0 Å². The van der Waals surface area contributed by atoms with Crippen LogP contribution in [0.4, 0.5) is 0 Å². The number of piperidine rings is 1. The SMILES string of the molecule is Cc1ccc(OCC(O)CN2CCC(Cc3ccccc3)CC2)c(C)c1.[Cl-]. The first-order valence-corrected chi connectivity index (χ1v) is 9.74. The van der Waals surface area contributed by atoms with Gasteiger partial charge >= 0.3 is 0 Å². The molecule has 27 heavy (non-hydrogen) atoms. The molecule has 0 bridgehead atoms. The highest BCUT2D eigenvalue weighted by Crippen LogP contribution is 2.22. The zero-order chi connectivity index (χ0) is 18.4. The van der Waals surface area contributed by atoms with E-state index in [1.165, 1.54) is 30.4 Å². The van der Waals surface area contributed by atoms with E-state index in [4.69, 9.17) is 4.74 Å². The number of rotatable bonds is 7. The molecule has 2 aromatic rings. The molecular weight excluding hydrogens is 358 g/mol. The smallest absolute Gasteiger partial charge is 0.122 e. The highest BCUT2D eigenvalue weighted by Gasteiger charge is 2.21. The summed E-state index contributed by atoms with van der Waals surface area (Å²) >= 11 is 0. The van der Waals surface area contributed by atoms with Gasteiger partial charge in [0.1, 0.15) is 18.5 Å². The Kier molecular flexibility index (Phi) is 8.62. The topological polar surface area (TPSA) is 32.7 Å². The second kappa shape index (κ2) is 10.7. The van der Waals surface area contributed by atoms with Crippen LogP contribution in [0.2, 0.25) is 0 Å². The zero-order valence-corrected chi connectivity index (χ0v) is 17.2. The van der Waals surface area contributed by atoms with Gasteiger partial charge in [-0.2, -0.15) is 0 Å². The number of benzene rings is 2. The van der Waals surface area contributed by atoms with Crippen molar-refractivity contribution in [3.05, 3.63) is 65.2 Å². The van der Waals surface area contributed by atoms with Gasteiger partial charge in [0.2, 0.25) is 0 Å². The van der Waals surface area contributed by atoms with Crippen LogP contribution in [-0.2, 0) is 6.42 Å². The van der Waals surface area contributed by atoms with Crippen LogP contribution in [0.5, 0.6) is 5.75 Å². The van der Waals surface area contributed by atoms with Crippen LogP contribution in [0.15, 0.2) is 48.5 Å². The predicted octanol–water partition coefficient (Wildman–Crippen LogP) is 1.00. The van der Waals surface area contributed by atoms with Crippen molar-refractivity contribution in [1.82, 2.24) is 4.90 Å². The van der Waals surface area contributed by atoms with Crippen molar-refractivity contribution in [3.8, 4) is 5.75 Å². The molecule has 4 heteroatoms. The lowest BCUT2D eigenvalue weighted by molar-refractivity contribution is -0.00000775.